The van der Waals surface area contributed by atoms with E-state index in [1.807, 2.05) is 0 Å². The van der Waals surface area contributed by atoms with Gasteiger partial charge in [-0.3, -0.25) is 9.59 Å². The predicted molar refractivity (Wildman–Crippen MR) is 45.9 cm³/mol. The molecule has 0 aromatic rings. The van der Waals surface area contributed by atoms with Crippen molar-refractivity contribution in [3.63, 3.8) is 0 Å². The third-order valence-corrected chi connectivity index (χ3v) is 2.61. The highest BCUT2D eigenvalue weighted by atomic mass is 16.3. The molecule has 0 unspecified atom stereocenters. The molecule has 3 heteroatoms. The lowest BCUT2D eigenvalue weighted by Gasteiger charge is -2.30. The smallest absolute Gasteiger partial charge is 0.159 e. The minimum atomic E-state index is -0.618. The Morgan fingerprint density at radius 3 is 2.77 bits per heavy atom. The Morgan fingerprint density at radius 2 is 2.00 bits per heavy atom. The molecule has 0 aromatic heterocycles. The fourth-order valence-electron chi connectivity index (χ4n) is 1.86. The van der Waals surface area contributed by atoms with E-state index in [0.29, 0.717) is 0 Å². The van der Waals surface area contributed by atoms with E-state index in [0.717, 1.165) is 0 Å². The largest absolute Gasteiger partial charge is 0.388 e. The molecule has 0 amide bonds. The quantitative estimate of drug-likeness (QED) is 0.578. The van der Waals surface area contributed by atoms with Crippen molar-refractivity contribution in [2.24, 2.45) is 11.8 Å². The lowest BCUT2D eigenvalue weighted by molar-refractivity contribution is -0.126. The first-order valence-corrected chi connectivity index (χ1v) is 4.29. The fourth-order valence-corrected chi connectivity index (χ4v) is 1.86. The first-order chi connectivity index (χ1) is 6.18. The Kier molecular flexibility index (Phi) is 1.88. The van der Waals surface area contributed by atoms with Gasteiger partial charge in [0.25, 0.3) is 0 Å². The summed E-state index contributed by atoms with van der Waals surface area (Å²) in [6, 6.07) is 0. The number of aliphatic hydroxyl groups excluding tert-OH is 1. The van der Waals surface area contributed by atoms with Crippen LogP contribution in [-0.2, 0) is 9.59 Å². The third-order valence-electron chi connectivity index (χ3n) is 2.61. The van der Waals surface area contributed by atoms with Gasteiger partial charge in [0.05, 0.1) is 6.10 Å². The van der Waals surface area contributed by atoms with E-state index in [1.54, 1.807) is 6.08 Å². The molecule has 0 aromatic carbocycles. The van der Waals surface area contributed by atoms with Crippen molar-refractivity contribution < 1.29 is 14.7 Å². The minimum Gasteiger partial charge on any atom is -0.388 e. The zero-order chi connectivity index (χ0) is 9.42. The lowest BCUT2D eigenvalue weighted by atomic mass is 9.74. The molecule has 0 bridgehead atoms. The van der Waals surface area contributed by atoms with Gasteiger partial charge < -0.3 is 5.11 Å². The van der Waals surface area contributed by atoms with Gasteiger partial charge in [-0.15, -0.1) is 0 Å². The maximum atomic E-state index is 11.3. The van der Waals surface area contributed by atoms with Crippen LogP contribution in [0.15, 0.2) is 24.3 Å². The van der Waals surface area contributed by atoms with Gasteiger partial charge in [0.15, 0.2) is 11.6 Å². The number of ketones is 2. The molecule has 0 radical (unpaired) electrons. The van der Waals surface area contributed by atoms with Crippen molar-refractivity contribution in [2.45, 2.75) is 12.5 Å². The highest BCUT2D eigenvalue weighted by Gasteiger charge is 2.36. The van der Waals surface area contributed by atoms with Crippen molar-refractivity contribution in [3.8, 4) is 0 Å². The zero-order valence-electron chi connectivity index (χ0n) is 7.01. The topological polar surface area (TPSA) is 54.4 Å². The van der Waals surface area contributed by atoms with Crippen LogP contribution in [0.3, 0.4) is 0 Å². The average Bonchev–Trinajstić information content (AvgIpc) is 2.12. The van der Waals surface area contributed by atoms with Crippen molar-refractivity contribution >= 4 is 11.6 Å². The van der Waals surface area contributed by atoms with Crippen LogP contribution in [-0.4, -0.2) is 22.8 Å². The predicted octanol–water partition coefficient (Wildman–Crippen LogP) is 0.248. The van der Waals surface area contributed by atoms with Gasteiger partial charge in [0, 0.05) is 18.3 Å². The number of aliphatic hydroxyl groups is 1. The maximum Gasteiger partial charge on any atom is 0.159 e. The normalized spacial score (nSPS) is 37.8. The van der Waals surface area contributed by atoms with Crippen LogP contribution in [0, 0.1) is 11.8 Å². The molecule has 3 atom stereocenters. The molecule has 2 aliphatic rings. The molecular weight excluding hydrogens is 168 g/mol. The summed E-state index contributed by atoms with van der Waals surface area (Å²) in [6.07, 6.45) is 5.58. The van der Waals surface area contributed by atoms with Crippen LogP contribution in [0.5, 0.6) is 0 Å². The SMILES string of the molecule is O=C1C=C[C@@H]2[C@H](O)C=CC(=O)[C@@H]2C1. The fraction of sp³-hybridized carbons (Fsp3) is 0.400. The maximum absolute atomic E-state index is 11.3. The summed E-state index contributed by atoms with van der Waals surface area (Å²) in [4.78, 5) is 22.4. The number of fused-ring (bicyclic) bond motifs is 1. The lowest BCUT2D eigenvalue weighted by Crippen LogP contribution is -2.37. The third kappa shape index (κ3) is 1.35. The molecule has 0 aliphatic heterocycles. The molecule has 2 aliphatic carbocycles. The summed E-state index contributed by atoms with van der Waals surface area (Å²) < 4.78 is 0. The van der Waals surface area contributed by atoms with E-state index in [9.17, 15) is 14.7 Å². The Hall–Kier alpha value is -1.22. The molecule has 0 saturated carbocycles. The van der Waals surface area contributed by atoms with E-state index in [2.05, 4.69) is 0 Å². The van der Waals surface area contributed by atoms with Crippen LogP contribution in [0.2, 0.25) is 0 Å². The Morgan fingerprint density at radius 1 is 1.23 bits per heavy atom. The number of rotatable bonds is 0. The summed E-state index contributed by atoms with van der Waals surface area (Å²) in [5.74, 6) is -0.613. The zero-order valence-corrected chi connectivity index (χ0v) is 7.01. The van der Waals surface area contributed by atoms with E-state index in [-0.39, 0.29) is 29.8 Å². The van der Waals surface area contributed by atoms with Gasteiger partial charge in [0.1, 0.15) is 0 Å². The number of carbonyl (C=O) groups excluding carboxylic acids is 2. The van der Waals surface area contributed by atoms with Gasteiger partial charge >= 0.3 is 0 Å². The highest BCUT2D eigenvalue weighted by Crippen LogP contribution is 2.30. The molecule has 0 heterocycles. The molecular formula is C10H10O3. The Labute approximate surface area is 75.8 Å². The molecule has 0 spiro atoms. The number of hydrogen-bond acceptors (Lipinski definition) is 3. The van der Waals surface area contributed by atoms with E-state index < -0.39 is 6.10 Å². The number of carbonyl (C=O) groups is 2. The van der Waals surface area contributed by atoms with E-state index in [4.69, 9.17) is 0 Å². The van der Waals surface area contributed by atoms with Crippen molar-refractivity contribution in [1.29, 1.82) is 0 Å². The summed E-state index contributed by atoms with van der Waals surface area (Å²) in [6.45, 7) is 0. The minimum absolute atomic E-state index is 0.0305. The van der Waals surface area contributed by atoms with Gasteiger partial charge in [-0.2, -0.15) is 0 Å². The van der Waals surface area contributed by atoms with E-state index >= 15 is 0 Å². The van der Waals surface area contributed by atoms with Crippen molar-refractivity contribution in [1.82, 2.24) is 0 Å². The number of allylic oxidation sites excluding steroid dienone is 2. The molecule has 1 N–H and O–H groups in total. The van der Waals surface area contributed by atoms with Gasteiger partial charge in [-0.05, 0) is 12.2 Å². The summed E-state index contributed by atoms with van der Waals surface area (Å²) >= 11 is 0. The molecule has 3 nitrogen and oxygen atoms in total. The Balaban J connectivity index is 2.33. The van der Waals surface area contributed by atoms with Gasteiger partial charge in [-0.1, -0.05) is 12.2 Å². The van der Waals surface area contributed by atoms with Crippen LogP contribution >= 0.6 is 0 Å². The molecule has 13 heavy (non-hydrogen) atoms. The van der Waals surface area contributed by atoms with Gasteiger partial charge in [0.2, 0.25) is 0 Å². The molecule has 2 rings (SSSR count). The van der Waals surface area contributed by atoms with Gasteiger partial charge in [-0.25, -0.2) is 0 Å². The van der Waals surface area contributed by atoms with Crippen molar-refractivity contribution in [2.75, 3.05) is 0 Å². The van der Waals surface area contributed by atoms with Crippen LogP contribution in [0.4, 0.5) is 0 Å². The standard InChI is InChI=1S/C10H10O3/c11-6-1-2-7-8(5-6)10(13)4-3-9(7)12/h1-4,7-9,12H,5H2/t7-,8+,9+/m0/s1. The van der Waals surface area contributed by atoms with Crippen LogP contribution < -0.4 is 0 Å². The van der Waals surface area contributed by atoms with Crippen molar-refractivity contribution in [3.05, 3.63) is 24.3 Å². The molecule has 0 saturated heterocycles. The highest BCUT2D eigenvalue weighted by molar-refractivity contribution is 6.00. The number of hydrogen-bond donors (Lipinski definition) is 1. The monoisotopic (exact) mass is 178 g/mol. The van der Waals surface area contributed by atoms with Crippen LogP contribution in [0.25, 0.3) is 0 Å². The molecule has 68 valence electrons. The summed E-state index contributed by atoms with van der Waals surface area (Å²) in [5.41, 5.74) is 0. The first kappa shape index (κ1) is 8.38. The second kappa shape index (κ2) is 2.92. The second-order valence-electron chi connectivity index (χ2n) is 3.47. The van der Waals surface area contributed by atoms with Crippen LogP contribution in [0.1, 0.15) is 6.42 Å². The summed E-state index contributed by atoms with van der Waals surface area (Å²) in [5, 5.41) is 9.51. The van der Waals surface area contributed by atoms with E-state index in [1.165, 1.54) is 18.2 Å². The second-order valence-corrected chi connectivity index (χ2v) is 3.47. The molecule has 0 fully saturated rings. The summed E-state index contributed by atoms with van der Waals surface area (Å²) in [7, 11) is 0. The average molecular weight is 178 g/mol. The first-order valence-electron chi connectivity index (χ1n) is 4.29. The Bertz CT molecular complexity index is 314.